The zero-order valence-electron chi connectivity index (χ0n) is 6.63. The van der Waals surface area contributed by atoms with Crippen molar-refractivity contribution in [2.75, 3.05) is 0 Å². The Morgan fingerprint density at radius 2 is 2.17 bits per heavy atom. The van der Waals surface area contributed by atoms with Crippen LogP contribution in [0.1, 0.15) is 12.0 Å². The first-order valence-electron chi connectivity index (χ1n) is 3.69. The van der Waals surface area contributed by atoms with Gasteiger partial charge in [-0.15, -0.1) is 12.3 Å². The highest BCUT2D eigenvalue weighted by Gasteiger charge is 1.90. The zero-order chi connectivity index (χ0) is 8.81. The van der Waals surface area contributed by atoms with Gasteiger partial charge in [0.05, 0.1) is 0 Å². The molecule has 0 heterocycles. The molecule has 60 valence electrons. The van der Waals surface area contributed by atoms with Gasteiger partial charge in [-0.3, -0.25) is 0 Å². The fraction of sp³-hybridized carbons (Fsp3) is 0.0909. The van der Waals surface area contributed by atoms with Crippen LogP contribution in [0, 0.1) is 12.3 Å². The molecule has 12 heavy (non-hydrogen) atoms. The second-order valence-corrected chi connectivity index (χ2v) is 3.19. The molecule has 0 aliphatic rings. The monoisotopic (exact) mass is 220 g/mol. The van der Waals surface area contributed by atoms with Gasteiger partial charge in [0.1, 0.15) is 0 Å². The van der Waals surface area contributed by atoms with Crippen molar-refractivity contribution in [1.82, 2.24) is 0 Å². The summed E-state index contributed by atoms with van der Waals surface area (Å²) in [5, 5.41) is 0. The van der Waals surface area contributed by atoms with Crippen molar-refractivity contribution in [2.24, 2.45) is 0 Å². The summed E-state index contributed by atoms with van der Waals surface area (Å²) in [7, 11) is 0. The lowest BCUT2D eigenvalue weighted by molar-refractivity contribution is 1.48. The van der Waals surface area contributed by atoms with E-state index in [1.54, 1.807) is 0 Å². The molecule has 0 radical (unpaired) electrons. The Labute approximate surface area is 81.4 Å². The Hall–Kier alpha value is -1.00. The van der Waals surface area contributed by atoms with Crippen molar-refractivity contribution in [2.45, 2.75) is 6.42 Å². The van der Waals surface area contributed by atoms with Crippen LogP contribution in [0.2, 0.25) is 0 Å². The molecule has 1 aromatic rings. The minimum absolute atomic E-state index is 0.682. The molecular formula is C11H9Br. The van der Waals surface area contributed by atoms with Gasteiger partial charge in [0, 0.05) is 10.9 Å². The first-order valence-corrected chi connectivity index (χ1v) is 4.48. The molecule has 0 aliphatic carbocycles. The molecule has 0 nitrogen and oxygen atoms in total. The lowest BCUT2D eigenvalue weighted by Gasteiger charge is -1.95. The average Bonchev–Trinajstić information content (AvgIpc) is 2.09. The fourth-order valence-corrected chi connectivity index (χ4v) is 1.28. The van der Waals surface area contributed by atoms with Crippen LogP contribution in [0.25, 0.3) is 6.08 Å². The number of allylic oxidation sites excluding steroid dienone is 1. The Kier molecular flexibility index (Phi) is 3.63. The summed E-state index contributed by atoms with van der Waals surface area (Å²) >= 11 is 3.45. The van der Waals surface area contributed by atoms with Crippen molar-refractivity contribution in [3.63, 3.8) is 0 Å². The number of halogens is 1. The second-order valence-electron chi connectivity index (χ2n) is 2.33. The lowest BCUT2D eigenvalue weighted by Crippen LogP contribution is -1.72. The second kappa shape index (κ2) is 4.79. The Balaban J connectivity index is 2.77. The third-order valence-corrected chi connectivity index (χ3v) is 2.16. The summed E-state index contributed by atoms with van der Waals surface area (Å²) in [6.07, 6.45) is 9.79. The summed E-state index contributed by atoms with van der Waals surface area (Å²) in [6.45, 7) is 0. The quantitative estimate of drug-likeness (QED) is 0.670. The Morgan fingerprint density at radius 1 is 1.42 bits per heavy atom. The maximum absolute atomic E-state index is 5.12. The predicted molar refractivity (Wildman–Crippen MR) is 56.6 cm³/mol. The average molecular weight is 221 g/mol. The van der Waals surface area contributed by atoms with Gasteiger partial charge in [0.25, 0.3) is 0 Å². The van der Waals surface area contributed by atoms with Gasteiger partial charge in [0.2, 0.25) is 0 Å². The predicted octanol–water partition coefficient (Wildman–Crippen LogP) is 3.49. The minimum Gasteiger partial charge on any atom is -0.120 e. The van der Waals surface area contributed by atoms with Gasteiger partial charge in [0.15, 0.2) is 0 Å². The first kappa shape index (κ1) is 9.09. The number of terminal acetylenes is 1. The highest BCUT2D eigenvalue weighted by molar-refractivity contribution is 9.10. The van der Waals surface area contributed by atoms with Crippen LogP contribution in [0.15, 0.2) is 34.8 Å². The van der Waals surface area contributed by atoms with E-state index in [-0.39, 0.29) is 0 Å². The molecule has 0 N–H and O–H groups in total. The lowest BCUT2D eigenvalue weighted by atomic mass is 10.2. The molecule has 1 rings (SSSR count). The van der Waals surface area contributed by atoms with E-state index >= 15 is 0 Å². The van der Waals surface area contributed by atoms with Crippen LogP contribution in [-0.4, -0.2) is 0 Å². The Morgan fingerprint density at radius 3 is 2.83 bits per heavy atom. The molecule has 0 saturated heterocycles. The normalized spacial score (nSPS) is 10.0. The number of benzene rings is 1. The molecule has 0 bridgehead atoms. The standard InChI is InChI=1S/C11H9Br/c1-2-3-4-7-10-8-5-6-9-11(10)12/h1,4-9H,3H2. The molecule has 1 aromatic carbocycles. The molecule has 0 amide bonds. The van der Waals surface area contributed by atoms with Gasteiger partial charge in [-0.05, 0) is 11.6 Å². The minimum atomic E-state index is 0.682. The topological polar surface area (TPSA) is 0 Å². The van der Waals surface area contributed by atoms with Crippen molar-refractivity contribution in [1.29, 1.82) is 0 Å². The van der Waals surface area contributed by atoms with Crippen LogP contribution in [0.5, 0.6) is 0 Å². The van der Waals surface area contributed by atoms with E-state index in [2.05, 4.69) is 21.9 Å². The van der Waals surface area contributed by atoms with Gasteiger partial charge in [-0.1, -0.05) is 46.3 Å². The smallest absolute Gasteiger partial charge is 0.0270 e. The summed E-state index contributed by atoms with van der Waals surface area (Å²) in [4.78, 5) is 0. The number of hydrogen-bond acceptors (Lipinski definition) is 0. The summed E-state index contributed by atoms with van der Waals surface area (Å²) in [6, 6.07) is 8.04. The molecule has 0 atom stereocenters. The molecule has 0 spiro atoms. The molecule has 0 aromatic heterocycles. The van der Waals surface area contributed by atoms with Gasteiger partial charge in [-0.2, -0.15) is 0 Å². The van der Waals surface area contributed by atoms with Crippen molar-refractivity contribution in [3.05, 3.63) is 40.4 Å². The van der Waals surface area contributed by atoms with Crippen molar-refractivity contribution in [3.8, 4) is 12.3 Å². The largest absolute Gasteiger partial charge is 0.120 e. The highest BCUT2D eigenvalue weighted by atomic mass is 79.9. The molecule has 1 heteroatoms. The third-order valence-electron chi connectivity index (χ3n) is 1.44. The fourth-order valence-electron chi connectivity index (χ4n) is 0.864. The van der Waals surface area contributed by atoms with Gasteiger partial charge >= 0.3 is 0 Å². The van der Waals surface area contributed by atoms with Crippen LogP contribution in [-0.2, 0) is 0 Å². The summed E-state index contributed by atoms with van der Waals surface area (Å²) in [5.41, 5.74) is 1.16. The van der Waals surface area contributed by atoms with Crippen molar-refractivity contribution >= 4 is 22.0 Å². The maximum atomic E-state index is 5.12. The van der Waals surface area contributed by atoms with E-state index < -0.39 is 0 Å². The number of rotatable bonds is 2. The van der Waals surface area contributed by atoms with Crippen LogP contribution in [0.3, 0.4) is 0 Å². The van der Waals surface area contributed by atoms with E-state index in [1.807, 2.05) is 36.4 Å². The SMILES string of the molecule is C#CCC=Cc1ccccc1Br. The summed E-state index contributed by atoms with van der Waals surface area (Å²) < 4.78 is 1.10. The molecular weight excluding hydrogens is 212 g/mol. The van der Waals surface area contributed by atoms with Crippen LogP contribution >= 0.6 is 15.9 Å². The van der Waals surface area contributed by atoms with Crippen molar-refractivity contribution < 1.29 is 0 Å². The zero-order valence-corrected chi connectivity index (χ0v) is 8.21. The van der Waals surface area contributed by atoms with Gasteiger partial charge in [-0.25, -0.2) is 0 Å². The van der Waals surface area contributed by atoms with Gasteiger partial charge < -0.3 is 0 Å². The first-order chi connectivity index (χ1) is 5.84. The van der Waals surface area contributed by atoms with E-state index in [0.717, 1.165) is 10.0 Å². The molecule has 0 fully saturated rings. The number of hydrogen-bond donors (Lipinski definition) is 0. The molecule has 0 unspecified atom stereocenters. The molecule has 0 aliphatic heterocycles. The summed E-state index contributed by atoms with van der Waals surface area (Å²) in [5.74, 6) is 2.56. The van der Waals surface area contributed by atoms with E-state index in [1.165, 1.54) is 0 Å². The van der Waals surface area contributed by atoms with E-state index in [4.69, 9.17) is 6.42 Å². The van der Waals surface area contributed by atoms with E-state index in [9.17, 15) is 0 Å². The Bertz CT molecular complexity index is 318. The maximum Gasteiger partial charge on any atom is 0.0270 e. The third kappa shape index (κ3) is 2.56. The highest BCUT2D eigenvalue weighted by Crippen LogP contribution is 2.17. The van der Waals surface area contributed by atoms with Crippen LogP contribution < -0.4 is 0 Å². The molecule has 0 saturated carbocycles. The van der Waals surface area contributed by atoms with Crippen LogP contribution in [0.4, 0.5) is 0 Å². The van der Waals surface area contributed by atoms with E-state index in [0.29, 0.717) is 6.42 Å².